The first kappa shape index (κ1) is 16.0. The molecule has 2 rings (SSSR count). The van der Waals surface area contributed by atoms with Gasteiger partial charge in [0.2, 0.25) is 5.91 Å². The van der Waals surface area contributed by atoms with Gasteiger partial charge in [0.1, 0.15) is 6.61 Å². The molecule has 0 atom stereocenters. The average Bonchev–Trinajstić information content (AvgIpc) is 2.97. The highest BCUT2D eigenvalue weighted by Crippen LogP contribution is 2.22. The predicted molar refractivity (Wildman–Crippen MR) is 72.1 cm³/mol. The molecular formula is C14H13F3N2O3. The van der Waals surface area contributed by atoms with Gasteiger partial charge in [0.15, 0.2) is 12.2 Å². The molecule has 0 unspecified atom stereocenters. The molecule has 5 nitrogen and oxygen atoms in total. The fourth-order valence-corrected chi connectivity index (χ4v) is 1.68. The summed E-state index contributed by atoms with van der Waals surface area (Å²) in [7, 11) is 0. The third-order valence-electron chi connectivity index (χ3n) is 2.60. The second-order valence-electron chi connectivity index (χ2n) is 4.41. The summed E-state index contributed by atoms with van der Waals surface area (Å²) in [5, 5.41) is 2.58. The molecule has 0 bridgehead atoms. The van der Waals surface area contributed by atoms with Gasteiger partial charge in [0.05, 0.1) is 19.2 Å². The Morgan fingerprint density at radius 2 is 2.18 bits per heavy atom. The van der Waals surface area contributed by atoms with E-state index < -0.39 is 18.7 Å². The van der Waals surface area contributed by atoms with Crippen LogP contribution in [0.3, 0.4) is 0 Å². The number of rotatable bonds is 6. The van der Waals surface area contributed by atoms with Crippen molar-refractivity contribution in [2.24, 2.45) is 0 Å². The zero-order valence-electron chi connectivity index (χ0n) is 11.4. The SMILES string of the molecule is O=C(CCOCC(F)(F)F)Nc1cccc(-c2cnco2)c1. The molecule has 0 spiro atoms. The Labute approximate surface area is 124 Å². The van der Waals surface area contributed by atoms with Gasteiger partial charge < -0.3 is 14.5 Å². The molecule has 0 saturated carbocycles. The van der Waals surface area contributed by atoms with Crippen molar-refractivity contribution in [1.82, 2.24) is 4.98 Å². The number of halogens is 3. The van der Waals surface area contributed by atoms with E-state index in [1.54, 1.807) is 24.3 Å². The number of hydrogen-bond acceptors (Lipinski definition) is 4. The quantitative estimate of drug-likeness (QED) is 0.831. The van der Waals surface area contributed by atoms with Crippen LogP contribution in [0.4, 0.5) is 18.9 Å². The summed E-state index contributed by atoms with van der Waals surface area (Å²) >= 11 is 0. The molecule has 1 heterocycles. The molecule has 0 fully saturated rings. The van der Waals surface area contributed by atoms with Gasteiger partial charge in [-0.05, 0) is 12.1 Å². The Hall–Kier alpha value is -2.35. The van der Waals surface area contributed by atoms with Gasteiger partial charge in [0, 0.05) is 11.3 Å². The van der Waals surface area contributed by atoms with E-state index in [1.807, 2.05) is 0 Å². The monoisotopic (exact) mass is 314 g/mol. The van der Waals surface area contributed by atoms with Crippen LogP contribution in [0.1, 0.15) is 6.42 Å². The lowest BCUT2D eigenvalue weighted by atomic mass is 10.1. The molecule has 1 N–H and O–H groups in total. The van der Waals surface area contributed by atoms with E-state index in [-0.39, 0.29) is 13.0 Å². The lowest BCUT2D eigenvalue weighted by Gasteiger charge is -2.08. The van der Waals surface area contributed by atoms with Gasteiger partial charge in [0.25, 0.3) is 0 Å². The van der Waals surface area contributed by atoms with E-state index in [0.717, 1.165) is 5.56 Å². The summed E-state index contributed by atoms with van der Waals surface area (Å²) in [5.74, 6) is 0.113. The van der Waals surface area contributed by atoms with Crippen LogP contribution in [0.15, 0.2) is 41.3 Å². The van der Waals surface area contributed by atoms with Gasteiger partial charge in [-0.2, -0.15) is 13.2 Å². The molecule has 0 saturated heterocycles. The molecule has 22 heavy (non-hydrogen) atoms. The van der Waals surface area contributed by atoms with Crippen molar-refractivity contribution in [1.29, 1.82) is 0 Å². The second-order valence-corrected chi connectivity index (χ2v) is 4.41. The van der Waals surface area contributed by atoms with Crippen LogP contribution in [-0.4, -0.2) is 30.3 Å². The number of benzene rings is 1. The molecule has 8 heteroatoms. The highest BCUT2D eigenvalue weighted by atomic mass is 19.4. The highest BCUT2D eigenvalue weighted by Gasteiger charge is 2.27. The molecule has 0 aliphatic rings. The Morgan fingerprint density at radius 3 is 2.86 bits per heavy atom. The lowest BCUT2D eigenvalue weighted by molar-refractivity contribution is -0.174. The number of oxazole rings is 1. The largest absolute Gasteiger partial charge is 0.444 e. The molecular weight excluding hydrogens is 301 g/mol. The van der Waals surface area contributed by atoms with Gasteiger partial charge in [-0.25, -0.2) is 4.98 Å². The van der Waals surface area contributed by atoms with Crippen molar-refractivity contribution in [2.75, 3.05) is 18.5 Å². The van der Waals surface area contributed by atoms with E-state index in [4.69, 9.17) is 4.42 Å². The fourth-order valence-electron chi connectivity index (χ4n) is 1.68. The summed E-state index contributed by atoms with van der Waals surface area (Å²) in [6.07, 6.45) is -1.73. The summed E-state index contributed by atoms with van der Waals surface area (Å²) < 4.78 is 45.1. The number of hydrogen-bond donors (Lipinski definition) is 1. The van der Waals surface area contributed by atoms with Gasteiger partial charge in [-0.3, -0.25) is 4.79 Å². The van der Waals surface area contributed by atoms with Gasteiger partial charge in [-0.15, -0.1) is 0 Å². The van der Waals surface area contributed by atoms with Crippen LogP contribution >= 0.6 is 0 Å². The van der Waals surface area contributed by atoms with Crippen LogP contribution in [0.5, 0.6) is 0 Å². The smallest absolute Gasteiger partial charge is 0.411 e. The Bertz CT molecular complexity index is 612. The van der Waals surface area contributed by atoms with Crippen LogP contribution in [0.25, 0.3) is 11.3 Å². The average molecular weight is 314 g/mol. The second kappa shape index (κ2) is 7.08. The summed E-state index contributed by atoms with van der Waals surface area (Å²) in [5.41, 5.74) is 1.23. The number of anilines is 1. The lowest BCUT2D eigenvalue weighted by Crippen LogP contribution is -2.20. The van der Waals surface area contributed by atoms with Gasteiger partial charge in [-0.1, -0.05) is 12.1 Å². The van der Waals surface area contributed by atoms with Crippen LogP contribution in [-0.2, 0) is 9.53 Å². The van der Waals surface area contributed by atoms with Crippen molar-refractivity contribution >= 4 is 11.6 Å². The maximum atomic E-state index is 11.9. The van der Waals surface area contributed by atoms with E-state index >= 15 is 0 Å². The van der Waals surface area contributed by atoms with Crippen molar-refractivity contribution in [3.63, 3.8) is 0 Å². The Balaban J connectivity index is 1.83. The Kier molecular flexibility index (Phi) is 5.16. The molecule has 0 radical (unpaired) electrons. The molecule has 0 aliphatic heterocycles. The first-order chi connectivity index (χ1) is 10.4. The third-order valence-corrected chi connectivity index (χ3v) is 2.60. The number of aromatic nitrogens is 1. The van der Waals surface area contributed by atoms with Gasteiger partial charge >= 0.3 is 6.18 Å². The zero-order chi connectivity index (χ0) is 16.0. The van der Waals surface area contributed by atoms with Crippen molar-refractivity contribution in [3.8, 4) is 11.3 Å². The number of carbonyl (C=O) groups excluding carboxylic acids is 1. The topological polar surface area (TPSA) is 64.4 Å². The molecule has 118 valence electrons. The number of nitrogens with zero attached hydrogens (tertiary/aromatic N) is 1. The highest BCUT2D eigenvalue weighted by molar-refractivity contribution is 5.91. The maximum absolute atomic E-state index is 11.9. The Morgan fingerprint density at radius 1 is 1.36 bits per heavy atom. The number of amides is 1. The fraction of sp³-hybridized carbons (Fsp3) is 0.286. The van der Waals surface area contributed by atoms with E-state index in [9.17, 15) is 18.0 Å². The number of nitrogens with one attached hydrogen (secondary N) is 1. The van der Waals surface area contributed by atoms with E-state index in [0.29, 0.717) is 11.4 Å². The molecule has 1 amide bonds. The summed E-state index contributed by atoms with van der Waals surface area (Å²) in [6, 6.07) is 6.83. The normalized spacial score (nSPS) is 11.4. The van der Waals surface area contributed by atoms with E-state index in [2.05, 4.69) is 15.0 Å². The van der Waals surface area contributed by atoms with Crippen LogP contribution in [0, 0.1) is 0 Å². The molecule has 1 aromatic carbocycles. The molecule has 2 aromatic rings. The summed E-state index contributed by atoms with van der Waals surface area (Å²) in [4.78, 5) is 15.4. The predicted octanol–water partition coefficient (Wildman–Crippen LogP) is 3.25. The minimum absolute atomic E-state index is 0.164. The van der Waals surface area contributed by atoms with Crippen LogP contribution in [0.2, 0.25) is 0 Å². The minimum Gasteiger partial charge on any atom is -0.444 e. The maximum Gasteiger partial charge on any atom is 0.411 e. The number of carbonyl (C=O) groups is 1. The number of alkyl halides is 3. The van der Waals surface area contributed by atoms with Crippen molar-refractivity contribution in [2.45, 2.75) is 12.6 Å². The summed E-state index contributed by atoms with van der Waals surface area (Å²) in [6.45, 7) is -1.66. The standard InChI is InChI=1S/C14H13F3N2O3/c15-14(16,17)8-21-5-4-13(20)19-11-3-1-2-10(6-11)12-7-18-9-22-12/h1-3,6-7,9H,4-5,8H2,(H,19,20). The van der Waals surface area contributed by atoms with Crippen LogP contribution < -0.4 is 5.32 Å². The first-order valence-corrected chi connectivity index (χ1v) is 6.37. The van der Waals surface area contributed by atoms with E-state index in [1.165, 1.54) is 12.6 Å². The zero-order valence-corrected chi connectivity index (χ0v) is 11.4. The minimum atomic E-state index is -4.39. The number of ether oxygens (including phenoxy) is 1. The van der Waals surface area contributed by atoms with Crippen molar-refractivity contribution < 1.29 is 27.1 Å². The first-order valence-electron chi connectivity index (χ1n) is 6.37. The molecule has 1 aromatic heterocycles. The third kappa shape index (κ3) is 5.21. The molecule has 0 aliphatic carbocycles. The van der Waals surface area contributed by atoms with Crippen molar-refractivity contribution in [3.05, 3.63) is 36.9 Å².